The lowest BCUT2D eigenvalue weighted by Crippen LogP contribution is -2.25. The average Bonchev–Trinajstić information content (AvgIpc) is 3.17. The second-order valence-corrected chi connectivity index (χ2v) is 7.13. The SMILES string of the molecule is Cc1cc(C)cc(-n2ccn3c(=O)n(CC4CCCC4)nc3c2=O)c1. The Kier molecular flexibility index (Phi) is 3.82. The van der Waals surface area contributed by atoms with E-state index in [2.05, 4.69) is 11.2 Å². The van der Waals surface area contributed by atoms with Gasteiger partial charge in [-0.2, -0.15) is 0 Å². The maximum atomic E-state index is 12.9. The summed E-state index contributed by atoms with van der Waals surface area (Å²) in [6.45, 7) is 4.60. The van der Waals surface area contributed by atoms with E-state index in [1.54, 1.807) is 17.0 Å². The summed E-state index contributed by atoms with van der Waals surface area (Å²) in [4.78, 5) is 25.4. The molecule has 2 aromatic heterocycles. The third-order valence-corrected chi connectivity index (χ3v) is 5.04. The first-order valence-corrected chi connectivity index (χ1v) is 8.82. The normalized spacial score (nSPS) is 15.3. The summed E-state index contributed by atoms with van der Waals surface area (Å²) in [6.07, 6.45) is 7.97. The van der Waals surface area contributed by atoms with Crippen molar-refractivity contribution in [3.8, 4) is 5.69 Å². The fraction of sp³-hybridized carbons (Fsp3) is 0.421. The minimum absolute atomic E-state index is 0.185. The Morgan fingerprint density at radius 3 is 2.40 bits per heavy atom. The first kappa shape index (κ1) is 15.9. The van der Waals surface area contributed by atoms with Gasteiger partial charge >= 0.3 is 11.2 Å². The Morgan fingerprint density at radius 1 is 1.04 bits per heavy atom. The summed E-state index contributed by atoms with van der Waals surface area (Å²) in [5.41, 5.74) is 2.66. The highest BCUT2D eigenvalue weighted by molar-refractivity contribution is 5.43. The number of hydrogen-bond acceptors (Lipinski definition) is 3. The lowest BCUT2D eigenvalue weighted by Gasteiger charge is -2.07. The van der Waals surface area contributed by atoms with Crippen molar-refractivity contribution in [2.45, 2.75) is 46.1 Å². The Hall–Kier alpha value is -2.63. The van der Waals surface area contributed by atoms with Crippen LogP contribution in [0.1, 0.15) is 36.8 Å². The van der Waals surface area contributed by atoms with Crippen LogP contribution in [0.15, 0.2) is 40.2 Å². The topological polar surface area (TPSA) is 61.3 Å². The van der Waals surface area contributed by atoms with E-state index in [9.17, 15) is 9.59 Å². The highest BCUT2D eigenvalue weighted by Crippen LogP contribution is 2.25. The number of benzene rings is 1. The van der Waals surface area contributed by atoms with Crippen LogP contribution in [-0.4, -0.2) is 18.7 Å². The molecule has 0 atom stereocenters. The zero-order valence-corrected chi connectivity index (χ0v) is 14.6. The molecule has 6 nitrogen and oxygen atoms in total. The molecule has 0 radical (unpaired) electrons. The first-order valence-electron chi connectivity index (χ1n) is 8.82. The second-order valence-electron chi connectivity index (χ2n) is 7.13. The highest BCUT2D eigenvalue weighted by Gasteiger charge is 2.19. The van der Waals surface area contributed by atoms with E-state index in [-0.39, 0.29) is 16.9 Å². The van der Waals surface area contributed by atoms with Crippen LogP contribution in [0, 0.1) is 19.8 Å². The molecule has 1 fully saturated rings. The highest BCUT2D eigenvalue weighted by atomic mass is 16.2. The molecular formula is C19H22N4O2. The van der Waals surface area contributed by atoms with Gasteiger partial charge in [0.2, 0.25) is 5.65 Å². The van der Waals surface area contributed by atoms with Crippen LogP contribution in [0.5, 0.6) is 0 Å². The average molecular weight is 338 g/mol. The molecular weight excluding hydrogens is 316 g/mol. The van der Waals surface area contributed by atoms with Gasteiger partial charge in [0.25, 0.3) is 0 Å². The van der Waals surface area contributed by atoms with E-state index in [0.29, 0.717) is 12.5 Å². The van der Waals surface area contributed by atoms with Crippen molar-refractivity contribution < 1.29 is 0 Å². The lowest BCUT2D eigenvalue weighted by molar-refractivity contribution is 0.420. The summed E-state index contributed by atoms with van der Waals surface area (Å²) in [5.74, 6) is 0.490. The predicted molar refractivity (Wildman–Crippen MR) is 96.5 cm³/mol. The van der Waals surface area contributed by atoms with Gasteiger partial charge in [0.05, 0.1) is 0 Å². The van der Waals surface area contributed by atoms with Gasteiger partial charge in [0.15, 0.2) is 0 Å². The van der Waals surface area contributed by atoms with Crippen molar-refractivity contribution in [3.05, 3.63) is 62.6 Å². The maximum Gasteiger partial charge on any atom is 0.350 e. The van der Waals surface area contributed by atoms with Crippen LogP contribution in [0.3, 0.4) is 0 Å². The Balaban J connectivity index is 1.82. The number of aromatic nitrogens is 4. The first-order chi connectivity index (χ1) is 12.0. The summed E-state index contributed by atoms with van der Waals surface area (Å²) in [5, 5.41) is 4.34. The lowest BCUT2D eigenvalue weighted by atomic mass is 10.1. The van der Waals surface area contributed by atoms with Crippen LogP contribution >= 0.6 is 0 Å². The largest absolute Gasteiger partial charge is 0.350 e. The molecule has 4 rings (SSSR count). The maximum absolute atomic E-state index is 12.9. The zero-order chi connectivity index (χ0) is 17.6. The number of aryl methyl sites for hydroxylation is 2. The molecule has 0 spiro atoms. The Labute approximate surface area is 145 Å². The summed E-state index contributed by atoms with van der Waals surface area (Å²) >= 11 is 0. The molecule has 130 valence electrons. The number of rotatable bonds is 3. The van der Waals surface area contributed by atoms with Gasteiger partial charge in [-0.15, -0.1) is 5.10 Å². The van der Waals surface area contributed by atoms with Crippen molar-refractivity contribution in [2.75, 3.05) is 0 Å². The summed E-state index contributed by atoms with van der Waals surface area (Å²) < 4.78 is 4.37. The molecule has 0 N–H and O–H groups in total. The molecule has 1 aromatic carbocycles. The third-order valence-electron chi connectivity index (χ3n) is 5.04. The molecule has 6 heteroatoms. The number of hydrogen-bond donors (Lipinski definition) is 0. The standard InChI is InChI=1S/C19H22N4O2/c1-13-9-14(2)11-16(10-13)21-7-8-22-17(18(21)24)20-23(19(22)25)12-15-5-3-4-6-15/h7-11,15H,3-6,12H2,1-2H3. The molecule has 1 aliphatic rings. The van der Waals surface area contributed by atoms with E-state index >= 15 is 0 Å². The van der Waals surface area contributed by atoms with Crippen LogP contribution in [-0.2, 0) is 6.54 Å². The van der Waals surface area contributed by atoms with Crippen molar-refractivity contribution in [2.24, 2.45) is 5.92 Å². The molecule has 3 aromatic rings. The molecule has 2 heterocycles. The van der Waals surface area contributed by atoms with Gasteiger partial charge in [0.1, 0.15) is 0 Å². The summed E-state index contributed by atoms with van der Waals surface area (Å²) in [7, 11) is 0. The number of fused-ring (bicyclic) bond motifs is 1. The predicted octanol–water partition coefficient (Wildman–Crippen LogP) is 2.45. The Bertz CT molecular complexity index is 1030. The molecule has 1 saturated carbocycles. The second kappa shape index (κ2) is 6.02. The van der Waals surface area contributed by atoms with Gasteiger partial charge in [0, 0.05) is 24.6 Å². The van der Waals surface area contributed by atoms with Gasteiger partial charge in [-0.05, 0) is 55.9 Å². The van der Waals surface area contributed by atoms with Crippen LogP contribution in [0.2, 0.25) is 0 Å². The Morgan fingerprint density at radius 2 is 1.72 bits per heavy atom. The van der Waals surface area contributed by atoms with Crippen molar-refractivity contribution >= 4 is 5.65 Å². The molecule has 0 saturated heterocycles. The van der Waals surface area contributed by atoms with Crippen LogP contribution in [0.25, 0.3) is 11.3 Å². The van der Waals surface area contributed by atoms with E-state index in [1.165, 1.54) is 21.9 Å². The fourth-order valence-corrected chi connectivity index (χ4v) is 3.86. The van der Waals surface area contributed by atoms with Gasteiger partial charge in [-0.25, -0.2) is 13.9 Å². The number of nitrogens with zero attached hydrogens (tertiary/aromatic N) is 4. The molecule has 25 heavy (non-hydrogen) atoms. The molecule has 1 aliphatic carbocycles. The molecule has 0 bridgehead atoms. The third kappa shape index (κ3) is 2.81. The molecule has 0 aliphatic heterocycles. The van der Waals surface area contributed by atoms with Gasteiger partial charge in [-0.3, -0.25) is 9.36 Å². The zero-order valence-electron chi connectivity index (χ0n) is 14.6. The van der Waals surface area contributed by atoms with E-state index in [1.807, 2.05) is 26.0 Å². The molecule has 0 amide bonds. The van der Waals surface area contributed by atoms with Gasteiger partial charge in [-0.1, -0.05) is 18.9 Å². The van der Waals surface area contributed by atoms with Crippen LogP contribution < -0.4 is 11.2 Å². The smallest absolute Gasteiger partial charge is 0.280 e. The minimum atomic E-state index is -0.269. The quantitative estimate of drug-likeness (QED) is 0.737. The van der Waals surface area contributed by atoms with Crippen molar-refractivity contribution in [1.82, 2.24) is 18.7 Å². The van der Waals surface area contributed by atoms with E-state index in [0.717, 1.165) is 29.7 Å². The minimum Gasteiger partial charge on any atom is -0.280 e. The van der Waals surface area contributed by atoms with Crippen LogP contribution in [0.4, 0.5) is 0 Å². The van der Waals surface area contributed by atoms with Crippen molar-refractivity contribution in [1.29, 1.82) is 0 Å². The molecule has 0 unspecified atom stereocenters. The fourth-order valence-electron chi connectivity index (χ4n) is 3.86. The summed E-state index contributed by atoms with van der Waals surface area (Å²) in [6, 6.07) is 5.98. The monoisotopic (exact) mass is 338 g/mol. The van der Waals surface area contributed by atoms with Crippen molar-refractivity contribution in [3.63, 3.8) is 0 Å². The van der Waals surface area contributed by atoms with E-state index in [4.69, 9.17) is 0 Å². The van der Waals surface area contributed by atoms with E-state index < -0.39 is 0 Å². The van der Waals surface area contributed by atoms with Gasteiger partial charge < -0.3 is 0 Å².